The molecule has 7 nitrogen and oxygen atoms in total. The number of rotatable bonds is 9. The number of nitrogens with one attached hydrogen (secondary N) is 1. The van der Waals surface area contributed by atoms with Crippen LogP contribution < -0.4 is 10.1 Å². The molecule has 1 heterocycles. The molecule has 1 saturated carbocycles. The highest BCUT2D eigenvalue weighted by Crippen LogP contribution is 2.39. The van der Waals surface area contributed by atoms with E-state index in [2.05, 4.69) is 15.2 Å². The molecule has 0 unspecified atom stereocenters. The third kappa shape index (κ3) is 6.76. The quantitative estimate of drug-likeness (QED) is 0.362. The van der Waals surface area contributed by atoms with Crippen molar-refractivity contribution in [2.45, 2.75) is 77.5 Å². The second-order valence-corrected chi connectivity index (χ2v) is 10.2. The van der Waals surface area contributed by atoms with E-state index in [0.29, 0.717) is 12.8 Å². The van der Waals surface area contributed by atoms with Crippen molar-refractivity contribution in [2.75, 3.05) is 6.54 Å². The van der Waals surface area contributed by atoms with E-state index >= 15 is 0 Å². The van der Waals surface area contributed by atoms with Gasteiger partial charge in [0, 0.05) is 18.7 Å². The summed E-state index contributed by atoms with van der Waals surface area (Å²) in [6.07, 6.45) is -4.61. The SMILES string of the molecule is CCn1nc(C(=O)NC[C@]2(O)CC[C@@H](C)C[C@H]2O)c(Cl)c1-c1ccc(C[C@@H](C)C(F)(F)F)cc1OC(F)F. The van der Waals surface area contributed by atoms with Crippen molar-refractivity contribution in [3.8, 4) is 17.0 Å². The first kappa shape index (κ1) is 30.1. The van der Waals surface area contributed by atoms with Crippen LogP contribution in [0.1, 0.15) is 56.1 Å². The Morgan fingerprint density at radius 3 is 2.63 bits per heavy atom. The molecule has 3 rings (SSSR count). The fourth-order valence-electron chi connectivity index (χ4n) is 4.53. The van der Waals surface area contributed by atoms with Crippen LogP contribution in [-0.4, -0.2) is 56.9 Å². The second kappa shape index (κ2) is 11.7. The summed E-state index contributed by atoms with van der Waals surface area (Å²) in [4.78, 5) is 12.9. The summed E-state index contributed by atoms with van der Waals surface area (Å²) in [6, 6.07) is 3.74. The molecule has 0 spiro atoms. The maximum absolute atomic E-state index is 13.2. The summed E-state index contributed by atoms with van der Waals surface area (Å²) in [5.41, 5.74) is -1.56. The Hall–Kier alpha value is -2.44. The molecule has 1 aliphatic rings. The van der Waals surface area contributed by atoms with E-state index in [1.165, 1.54) is 16.8 Å². The average molecular weight is 568 g/mol. The van der Waals surface area contributed by atoms with E-state index in [-0.39, 0.29) is 53.0 Å². The third-order valence-electron chi connectivity index (χ3n) is 6.90. The van der Waals surface area contributed by atoms with Gasteiger partial charge >= 0.3 is 12.8 Å². The molecule has 1 aromatic heterocycles. The number of amides is 1. The molecule has 4 atom stereocenters. The van der Waals surface area contributed by atoms with E-state index in [0.717, 1.165) is 13.0 Å². The monoisotopic (exact) mass is 567 g/mol. The third-order valence-corrected chi connectivity index (χ3v) is 7.26. The number of aromatic nitrogens is 2. The number of hydrogen-bond donors (Lipinski definition) is 3. The minimum atomic E-state index is -4.46. The number of nitrogens with zero attached hydrogens (tertiary/aromatic N) is 2. The molecule has 1 aliphatic carbocycles. The van der Waals surface area contributed by atoms with Gasteiger partial charge in [-0.1, -0.05) is 31.5 Å². The standard InChI is InChI=1S/C25H31ClF5N3O4/c1-4-34-21(16-6-5-15(10-14(3)25(29,30)31)11-17(16)38-23(27)28)19(26)20(33-34)22(36)32-12-24(37)8-7-13(2)9-18(24)35/h5-6,11,13-14,18,23,35,37H,4,7-10,12H2,1-3H3,(H,32,36)/t13-,14-,18-,24-/m1/s1. The summed E-state index contributed by atoms with van der Waals surface area (Å²) < 4.78 is 71.4. The Bertz CT molecular complexity index is 1140. The van der Waals surface area contributed by atoms with Crippen LogP contribution in [0.5, 0.6) is 5.75 Å². The Labute approximate surface area is 221 Å². The molecule has 0 bridgehead atoms. The number of alkyl halides is 5. The van der Waals surface area contributed by atoms with Crippen molar-refractivity contribution in [1.82, 2.24) is 15.1 Å². The van der Waals surface area contributed by atoms with Gasteiger partial charge in [-0.05, 0) is 56.2 Å². The van der Waals surface area contributed by atoms with Crippen LogP contribution in [0.3, 0.4) is 0 Å². The maximum atomic E-state index is 13.2. The molecular formula is C25H31ClF5N3O4. The highest BCUT2D eigenvalue weighted by atomic mass is 35.5. The van der Waals surface area contributed by atoms with Gasteiger partial charge in [0.25, 0.3) is 5.91 Å². The Morgan fingerprint density at radius 2 is 2.05 bits per heavy atom. The van der Waals surface area contributed by atoms with Crippen LogP contribution in [0.2, 0.25) is 5.02 Å². The molecule has 1 aromatic carbocycles. The van der Waals surface area contributed by atoms with Crippen LogP contribution in [0.25, 0.3) is 11.3 Å². The summed E-state index contributed by atoms with van der Waals surface area (Å²) in [7, 11) is 0. The molecule has 13 heteroatoms. The molecule has 212 valence electrons. The van der Waals surface area contributed by atoms with Crippen LogP contribution >= 0.6 is 11.6 Å². The number of aliphatic hydroxyl groups excluding tert-OH is 1. The van der Waals surface area contributed by atoms with E-state index < -0.39 is 48.5 Å². The first-order valence-electron chi connectivity index (χ1n) is 12.3. The number of benzene rings is 1. The van der Waals surface area contributed by atoms with Crippen molar-refractivity contribution in [3.05, 3.63) is 34.5 Å². The van der Waals surface area contributed by atoms with Crippen molar-refractivity contribution >= 4 is 17.5 Å². The van der Waals surface area contributed by atoms with E-state index in [4.69, 9.17) is 11.6 Å². The van der Waals surface area contributed by atoms with Crippen molar-refractivity contribution in [3.63, 3.8) is 0 Å². The van der Waals surface area contributed by atoms with Gasteiger partial charge in [0.15, 0.2) is 5.69 Å². The molecule has 0 radical (unpaired) electrons. The van der Waals surface area contributed by atoms with E-state index in [9.17, 15) is 37.0 Å². The first-order valence-corrected chi connectivity index (χ1v) is 12.6. The summed E-state index contributed by atoms with van der Waals surface area (Å²) in [5.74, 6) is -2.65. The smallest absolute Gasteiger partial charge is 0.391 e. The van der Waals surface area contributed by atoms with Crippen LogP contribution in [0.4, 0.5) is 22.0 Å². The lowest BCUT2D eigenvalue weighted by Gasteiger charge is -2.39. The van der Waals surface area contributed by atoms with Crippen LogP contribution in [0.15, 0.2) is 18.2 Å². The maximum Gasteiger partial charge on any atom is 0.391 e. The van der Waals surface area contributed by atoms with Gasteiger partial charge in [-0.3, -0.25) is 9.48 Å². The number of halogens is 6. The summed E-state index contributed by atoms with van der Waals surface area (Å²) in [6.45, 7) is 1.26. The van der Waals surface area contributed by atoms with Gasteiger partial charge in [-0.2, -0.15) is 27.1 Å². The highest BCUT2D eigenvalue weighted by molar-refractivity contribution is 6.36. The minimum Gasteiger partial charge on any atom is -0.434 e. The predicted molar refractivity (Wildman–Crippen MR) is 130 cm³/mol. The predicted octanol–water partition coefficient (Wildman–Crippen LogP) is 5.21. The summed E-state index contributed by atoms with van der Waals surface area (Å²) >= 11 is 6.49. The van der Waals surface area contributed by atoms with Crippen LogP contribution in [0, 0.1) is 11.8 Å². The van der Waals surface area contributed by atoms with Gasteiger partial charge in [0.1, 0.15) is 11.4 Å². The topological polar surface area (TPSA) is 96.6 Å². The molecule has 1 amide bonds. The van der Waals surface area contributed by atoms with Crippen LogP contribution in [-0.2, 0) is 13.0 Å². The van der Waals surface area contributed by atoms with E-state index in [1.807, 2.05) is 6.92 Å². The zero-order chi connectivity index (χ0) is 28.4. The van der Waals surface area contributed by atoms with Crippen molar-refractivity contribution in [2.24, 2.45) is 11.8 Å². The Balaban J connectivity index is 1.92. The lowest BCUT2D eigenvalue weighted by Crippen LogP contribution is -2.54. The first-order chi connectivity index (χ1) is 17.7. The number of ether oxygens (including phenoxy) is 1. The zero-order valence-corrected chi connectivity index (χ0v) is 21.9. The zero-order valence-electron chi connectivity index (χ0n) is 21.2. The molecular weight excluding hydrogens is 537 g/mol. The van der Waals surface area contributed by atoms with Crippen molar-refractivity contribution < 1.29 is 41.7 Å². The molecule has 1 fully saturated rings. The summed E-state index contributed by atoms with van der Waals surface area (Å²) in [5, 5.41) is 27.6. The largest absolute Gasteiger partial charge is 0.434 e. The minimum absolute atomic E-state index is 0.0161. The Kier molecular flexibility index (Phi) is 9.31. The second-order valence-electron chi connectivity index (χ2n) is 9.86. The van der Waals surface area contributed by atoms with E-state index in [1.54, 1.807) is 6.92 Å². The van der Waals surface area contributed by atoms with Crippen molar-refractivity contribution in [1.29, 1.82) is 0 Å². The van der Waals surface area contributed by atoms with Gasteiger partial charge in [-0.25, -0.2) is 0 Å². The normalized spacial score (nSPS) is 22.9. The molecule has 0 aliphatic heterocycles. The lowest BCUT2D eigenvalue weighted by molar-refractivity contribution is -0.169. The fourth-order valence-corrected chi connectivity index (χ4v) is 4.85. The number of carbonyl (C=O) groups is 1. The number of carbonyl (C=O) groups excluding carboxylic acids is 1. The van der Waals surface area contributed by atoms with Gasteiger partial charge < -0.3 is 20.3 Å². The number of hydrogen-bond acceptors (Lipinski definition) is 5. The average Bonchev–Trinajstić information content (AvgIpc) is 3.15. The molecule has 38 heavy (non-hydrogen) atoms. The van der Waals surface area contributed by atoms with Gasteiger partial charge in [0.05, 0.1) is 22.7 Å². The Morgan fingerprint density at radius 1 is 1.37 bits per heavy atom. The highest BCUT2D eigenvalue weighted by Gasteiger charge is 2.41. The fraction of sp³-hybridized carbons (Fsp3) is 0.600. The number of aliphatic hydroxyl groups is 2. The van der Waals surface area contributed by atoms with Gasteiger partial charge in [0.2, 0.25) is 0 Å². The lowest BCUT2D eigenvalue weighted by atomic mass is 9.77. The molecule has 0 saturated heterocycles. The molecule has 2 aromatic rings. The van der Waals surface area contributed by atoms with Gasteiger partial charge in [-0.15, -0.1) is 0 Å². The number of aryl methyl sites for hydroxylation is 1. The molecule has 3 N–H and O–H groups in total.